The Labute approximate surface area is 120 Å². The molecule has 1 heterocycles. The minimum atomic E-state index is -1.05. The molecule has 0 aliphatic carbocycles. The molecule has 3 N–H and O–H groups in total. The molecule has 21 heavy (non-hydrogen) atoms. The molecule has 0 saturated carbocycles. The summed E-state index contributed by atoms with van der Waals surface area (Å²) in [5.74, 6) is -0.556. The molecule has 0 fully saturated rings. The van der Waals surface area contributed by atoms with Crippen molar-refractivity contribution in [2.24, 2.45) is 7.05 Å². The van der Waals surface area contributed by atoms with E-state index in [0.717, 1.165) is 5.56 Å². The highest BCUT2D eigenvalue weighted by atomic mass is 16.4. The number of rotatable bonds is 4. The van der Waals surface area contributed by atoms with Crippen molar-refractivity contribution in [3.8, 4) is 0 Å². The van der Waals surface area contributed by atoms with E-state index in [1.807, 2.05) is 0 Å². The molecule has 2 rings (SSSR count). The van der Waals surface area contributed by atoms with Crippen molar-refractivity contribution in [3.63, 3.8) is 0 Å². The third-order valence-corrected chi connectivity index (χ3v) is 2.79. The van der Waals surface area contributed by atoms with Crippen LogP contribution in [0.25, 0.3) is 0 Å². The molecule has 2 amide bonds. The minimum Gasteiger partial charge on any atom is -0.478 e. The highest BCUT2D eigenvalue weighted by molar-refractivity contribution is 5.93. The summed E-state index contributed by atoms with van der Waals surface area (Å²) in [7, 11) is 1.73. The van der Waals surface area contributed by atoms with E-state index in [-0.39, 0.29) is 12.1 Å². The van der Waals surface area contributed by atoms with Crippen molar-refractivity contribution >= 4 is 17.7 Å². The molecule has 1 aromatic heterocycles. The molecule has 2 aromatic rings. The van der Waals surface area contributed by atoms with Crippen molar-refractivity contribution < 1.29 is 14.7 Å². The number of carboxylic acid groups (broad SMARTS) is 1. The topological polar surface area (TPSA) is 109 Å². The van der Waals surface area contributed by atoms with Crippen LogP contribution in [0.4, 0.5) is 10.5 Å². The molecule has 0 aliphatic heterocycles. The molecule has 8 nitrogen and oxygen atoms in total. The average molecular weight is 289 g/mol. The number of amides is 2. The van der Waals surface area contributed by atoms with Crippen LogP contribution in [0, 0.1) is 6.92 Å². The van der Waals surface area contributed by atoms with E-state index in [9.17, 15) is 9.59 Å². The fraction of sp³-hybridized carbons (Fsp3) is 0.231. The second-order valence-electron chi connectivity index (χ2n) is 4.48. The van der Waals surface area contributed by atoms with E-state index < -0.39 is 12.0 Å². The third kappa shape index (κ3) is 3.78. The van der Waals surface area contributed by atoms with Gasteiger partial charge in [0.15, 0.2) is 5.82 Å². The van der Waals surface area contributed by atoms with E-state index in [2.05, 4.69) is 20.7 Å². The maximum atomic E-state index is 11.8. The summed E-state index contributed by atoms with van der Waals surface area (Å²) >= 11 is 0. The van der Waals surface area contributed by atoms with Crippen molar-refractivity contribution in [1.82, 2.24) is 20.1 Å². The molecule has 110 valence electrons. The lowest BCUT2D eigenvalue weighted by atomic mass is 10.1. The first-order valence-electron chi connectivity index (χ1n) is 6.19. The lowest BCUT2D eigenvalue weighted by Crippen LogP contribution is -2.29. The Morgan fingerprint density at radius 1 is 1.38 bits per heavy atom. The number of hydrogen-bond acceptors (Lipinski definition) is 4. The zero-order valence-corrected chi connectivity index (χ0v) is 11.6. The number of nitrogens with zero attached hydrogens (tertiary/aromatic N) is 3. The van der Waals surface area contributed by atoms with Crippen molar-refractivity contribution in [1.29, 1.82) is 0 Å². The highest BCUT2D eigenvalue weighted by Gasteiger charge is 2.09. The Morgan fingerprint density at radius 2 is 2.14 bits per heavy atom. The lowest BCUT2D eigenvalue weighted by Gasteiger charge is -2.09. The van der Waals surface area contributed by atoms with Crippen LogP contribution in [0.2, 0.25) is 0 Å². The van der Waals surface area contributed by atoms with Crippen LogP contribution < -0.4 is 10.6 Å². The monoisotopic (exact) mass is 289 g/mol. The fourth-order valence-corrected chi connectivity index (χ4v) is 1.68. The zero-order valence-electron chi connectivity index (χ0n) is 11.6. The van der Waals surface area contributed by atoms with Gasteiger partial charge < -0.3 is 15.7 Å². The molecular weight excluding hydrogens is 274 g/mol. The van der Waals surface area contributed by atoms with Gasteiger partial charge in [-0.1, -0.05) is 6.07 Å². The first-order chi connectivity index (χ1) is 9.95. The molecule has 0 radical (unpaired) electrons. The lowest BCUT2D eigenvalue weighted by molar-refractivity contribution is 0.0697. The first kappa shape index (κ1) is 14.5. The number of anilines is 1. The molecular formula is C13H15N5O3. The Balaban J connectivity index is 1.99. The largest absolute Gasteiger partial charge is 0.478 e. The van der Waals surface area contributed by atoms with Gasteiger partial charge in [-0.05, 0) is 24.6 Å². The summed E-state index contributed by atoms with van der Waals surface area (Å²) in [6, 6.07) is 4.09. The van der Waals surface area contributed by atoms with E-state index >= 15 is 0 Å². The number of aryl methyl sites for hydroxylation is 2. The van der Waals surface area contributed by atoms with Gasteiger partial charge in [-0.2, -0.15) is 5.10 Å². The maximum absolute atomic E-state index is 11.8. The van der Waals surface area contributed by atoms with Crippen molar-refractivity contribution in [3.05, 3.63) is 41.5 Å². The van der Waals surface area contributed by atoms with Gasteiger partial charge in [0, 0.05) is 12.7 Å². The van der Waals surface area contributed by atoms with Crippen LogP contribution in [-0.2, 0) is 13.6 Å². The molecule has 0 atom stereocenters. The van der Waals surface area contributed by atoms with E-state index in [0.29, 0.717) is 11.5 Å². The number of hydrogen-bond donors (Lipinski definition) is 3. The van der Waals surface area contributed by atoms with Crippen LogP contribution in [0.5, 0.6) is 0 Å². The standard InChI is InChI=1S/C13H15N5O3/c1-8-3-4-9(12(19)20)5-10(8)16-13(21)14-6-11-15-7-18(2)17-11/h3-5,7H,6H2,1-2H3,(H,19,20)(H2,14,16,21). The number of carbonyl (C=O) groups is 2. The number of benzene rings is 1. The van der Waals surface area contributed by atoms with Crippen LogP contribution >= 0.6 is 0 Å². The number of aromatic carboxylic acids is 1. The second kappa shape index (κ2) is 6.04. The zero-order chi connectivity index (χ0) is 15.4. The predicted molar refractivity (Wildman–Crippen MR) is 75.0 cm³/mol. The molecule has 8 heteroatoms. The number of urea groups is 1. The number of nitrogens with one attached hydrogen (secondary N) is 2. The molecule has 0 unspecified atom stereocenters. The van der Waals surface area contributed by atoms with E-state index in [4.69, 9.17) is 5.11 Å². The van der Waals surface area contributed by atoms with Crippen LogP contribution in [0.1, 0.15) is 21.7 Å². The first-order valence-corrected chi connectivity index (χ1v) is 6.19. The molecule has 0 saturated heterocycles. The van der Waals surface area contributed by atoms with E-state index in [1.165, 1.54) is 23.1 Å². The van der Waals surface area contributed by atoms with E-state index in [1.54, 1.807) is 20.0 Å². The quantitative estimate of drug-likeness (QED) is 0.782. The van der Waals surface area contributed by atoms with Gasteiger partial charge in [-0.15, -0.1) is 0 Å². The SMILES string of the molecule is Cc1ccc(C(=O)O)cc1NC(=O)NCc1ncn(C)n1. The molecule has 0 spiro atoms. The Morgan fingerprint density at radius 3 is 2.76 bits per heavy atom. The Hall–Kier alpha value is -2.90. The van der Waals surface area contributed by atoms with Crippen LogP contribution in [0.15, 0.2) is 24.5 Å². The number of carbonyl (C=O) groups excluding carboxylic acids is 1. The maximum Gasteiger partial charge on any atom is 0.335 e. The van der Waals surface area contributed by atoms with Gasteiger partial charge in [0.25, 0.3) is 0 Å². The summed E-state index contributed by atoms with van der Waals surface area (Å²) in [4.78, 5) is 26.7. The van der Waals surface area contributed by atoms with Crippen molar-refractivity contribution in [2.75, 3.05) is 5.32 Å². The fourth-order valence-electron chi connectivity index (χ4n) is 1.68. The average Bonchev–Trinajstić information content (AvgIpc) is 2.84. The smallest absolute Gasteiger partial charge is 0.335 e. The third-order valence-electron chi connectivity index (χ3n) is 2.79. The predicted octanol–water partition coefficient (Wildman–Crippen LogP) is 1.14. The van der Waals surface area contributed by atoms with Gasteiger partial charge in [-0.3, -0.25) is 4.68 Å². The van der Waals surface area contributed by atoms with Gasteiger partial charge in [0.1, 0.15) is 6.33 Å². The van der Waals surface area contributed by atoms with Gasteiger partial charge in [0.2, 0.25) is 0 Å². The molecule has 0 bridgehead atoms. The van der Waals surface area contributed by atoms with Gasteiger partial charge >= 0.3 is 12.0 Å². The molecule has 0 aliphatic rings. The van der Waals surface area contributed by atoms with Gasteiger partial charge in [-0.25, -0.2) is 14.6 Å². The highest BCUT2D eigenvalue weighted by Crippen LogP contribution is 2.16. The number of carboxylic acids is 1. The minimum absolute atomic E-state index is 0.113. The summed E-state index contributed by atoms with van der Waals surface area (Å²) in [5.41, 5.74) is 1.33. The second-order valence-corrected chi connectivity index (χ2v) is 4.48. The summed E-state index contributed by atoms with van der Waals surface area (Å²) in [6.45, 7) is 1.96. The van der Waals surface area contributed by atoms with Crippen LogP contribution in [0.3, 0.4) is 0 Å². The molecule has 1 aromatic carbocycles. The number of aromatic nitrogens is 3. The summed E-state index contributed by atoms with van der Waals surface area (Å²) < 4.78 is 1.54. The normalized spacial score (nSPS) is 10.2. The Bertz CT molecular complexity index is 680. The van der Waals surface area contributed by atoms with Crippen molar-refractivity contribution in [2.45, 2.75) is 13.5 Å². The van der Waals surface area contributed by atoms with Gasteiger partial charge in [0.05, 0.1) is 12.1 Å². The van der Waals surface area contributed by atoms with Crippen LogP contribution in [-0.4, -0.2) is 31.9 Å². The summed E-state index contributed by atoms with van der Waals surface area (Å²) in [5, 5.41) is 18.2. The Kier molecular flexibility index (Phi) is 4.17. The summed E-state index contributed by atoms with van der Waals surface area (Å²) in [6.07, 6.45) is 1.54.